The zero-order valence-electron chi connectivity index (χ0n) is 11.8. The van der Waals surface area contributed by atoms with Gasteiger partial charge in [0.25, 0.3) is 0 Å². The van der Waals surface area contributed by atoms with Crippen LogP contribution in [-0.2, 0) is 0 Å². The van der Waals surface area contributed by atoms with Gasteiger partial charge in [-0.1, -0.05) is 11.6 Å². The maximum atomic E-state index is 13.5. The second-order valence-corrected chi connectivity index (χ2v) is 6.27. The van der Waals surface area contributed by atoms with Crippen molar-refractivity contribution in [2.75, 3.05) is 0 Å². The molecule has 1 aliphatic rings. The summed E-state index contributed by atoms with van der Waals surface area (Å²) >= 11 is 5.85. The largest absolute Gasteiger partial charge is 0.465 e. The zero-order valence-corrected chi connectivity index (χ0v) is 12.6. The SMILES string of the molecule is CC(C)(C#N)[C@H]1CC[C@@H](c2cc(F)cc(Cl)c2)N1C(=O)O. The summed E-state index contributed by atoms with van der Waals surface area (Å²) in [4.78, 5) is 12.9. The van der Waals surface area contributed by atoms with Crippen LogP contribution in [-0.4, -0.2) is 22.1 Å². The van der Waals surface area contributed by atoms with Gasteiger partial charge in [-0.3, -0.25) is 4.90 Å². The lowest BCUT2D eigenvalue weighted by Crippen LogP contribution is -2.44. The maximum absolute atomic E-state index is 13.5. The minimum absolute atomic E-state index is 0.235. The molecule has 0 aromatic heterocycles. The molecule has 21 heavy (non-hydrogen) atoms. The summed E-state index contributed by atoms with van der Waals surface area (Å²) in [6, 6.07) is 5.31. The molecule has 112 valence electrons. The molecular weight excluding hydrogens is 295 g/mol. The van der Waals surface area contributed by atoms with Crippen LogP contribution in [0, 0.1) is 22.6 Å². The summed E-state index contributed by atoms with van der Waals surface area (Å²) in [5.41, 5.74) is -0.275. The van der Waals surface area contributed by atoms with Crippen molar-refractivity contribution in [1.82, 2.24) is 4.90 Å². The summed E-state index contributed by atoms with van der Waals surface area (Å²) < 4.78 is 13.5. The van der Waals surface area contributed by atoms with Gasteiger partial charge >= 0.3 is 6.09 Å². The topological polar surface area (TPSA) is 64.3 Å². The van der Waals surface area contributed by atoms with Crippen LogP contribution < -0.4 is 0 Å². The molecule has 2 rings (SSSR count). The average molecular weight is 311 g/mol. The van der Waals surface area contributed by atoms with Crippen molar-refractivity contribution in [1.29, 1.82) is 5.26 Å². The van der Waals surface area contributed by atoms with Crippen molar-refractivity contribution in [3.8, 4) is 6.07 Å². The summed E-state index contributed by atoms with van der Waals surface area (Å²) in [5.74, 6) is -0.495. The number of carboxylic acid groups (broad SMARTS) is 1. The summed E-state index contributed by atoms with van der Waals surface area (Å²) in [5, 5.41) is 19.0. The summed E-state index contributed by atoms with van der Waals surface area (Å²) in [7, 11) is 0. The number of rotatable bonds is 2. The predicted molar refractivity (Wildman–Crippen MR) is 76.4 cm³/mol. The lowest BCUT2D eigenvalue weighted by Gasteiger charge is -2.34. The number of amides is 1. The highest BCUT2D eigenvalue weighted by atomic mass is 35.5. The Labute approximate surface area is 127 Å². The number of benzene rings is 1. The molecule has 1 aromatic rings. The monoisotopic (exact) mass is 310 g/mol. The third-order valence-corrected chi connectivity index (χ3v) is 4.22. The molecule has 2 atom stereocenters. The first-order valence-corrected chi connectivity index (χ1v) is 7.02. The highest BCUT2D eigenvalue weighted by Gasteiger charge is 2.45. The Morgan fingerprint density at radius 2 is 2.14 bits per heavy atom. The van der Waals surface area contributed by atoms with E-state index in [1.54, 1.807) is 19.9 Å². The van der Waals surface area contributed by atoms with Crippen molar-refractivity contribution in [2.24, 2.45) is 5.41 Å². The van der Waals surface area contributed by atoms with E-state index < -0.39 is 29.4 Å². The number of carbonyl (C=O) groups is 1. The van der Waals surface area contributed by atoms with E-state index in [9.17, 15) is 19.6 Å². The third-order valence-electron chi connectivity index (χ3n) is 4.00. The van der Waals surface area contributed by atoms with Gasteiger partial charge in [-0.2, -0.15) is 5.26 Å². The number of likely N-dealkylation sites (tertiary alicyclic amines) is 1. The second kappa shape index (κ2) is 5.53. The molecular formula is C15H16ClFN2O2. The third kappa shape index (κ3) is 2.96. The maximum Gasteiger partial charge on any atom is 0.408 e. The Kier molecular flexibility index (Phi) is 4.11. The van der Waals surface area contributed by atoms with E-state index in [4.69, 9.17) is 11.6 Å². The van der Waals surface area contributed by atoms with Gasteiger partial charge in [-0.05, 0) is 50.5 Å². The number of hydrogen-bond donors (Lipinski definition) is 1. The van der Waals surface area contributed by atoms with Gasteiger partial charge in [0.05, 0.1) is 23.6 Å². The second-order valence-electron chi connectivity index (χ2n) is 5.84. The Balaban J connectivity index is 2.41. The number of nitrogens with zero attached hydrogens (tertiary/aromatic N) is 2. The predicted octanol–water partition coefficient (Wildman–Crippen LogP) is 4.21. The van der Waals surface area contributed by atoms with E-state index in [0.29, 0.717) is 18.4 Å². The fraction of sp³-hybridized carbons (Fsp3) is 0.467. The molecule has 0 spiro atoms. The molecule has 0 bridgehead atoms. The van der Waals surface area contributed by atoms with Crippen molar-refractivity contribution in [3.63, 3.8) is 0 Å². The van der Waals surface area contributed by atoms with Crippen molar-refractivity contribution < 1.29 is 14.3 Å². The van der Waals surface area contributed by atoms with Gasteiger partial charge in [-0.25, -0.2) is 9.18 Å². The molecule has 1 N–H and O–H groups in total. The van der Waals surface area contributed by atoms with Gasteiger partial charge in [0.2, 0.25) is 0 Å². The lowest BCUT2D eigenvalue weighted by atomic mass is 9.85. The van der Waals surface area contributed by atoms with E-state index in [1.807, 2.05) is 0 Å². The highest BCUT2D eigenvalue weighted by Crippen LogP contribution is 2.43. The minimum atomic E-state index is -1.11. The van der Waals surface area contributed by atoms with Gasteiger partial charge in [0.15, 0.2) is 0 Å². The standard InChI is InChI=1S/C15H16ClFN2O2/c1-15(2,8-18)13-4-3-12(19(13)14(20)21)9-5-10(16)7-11(17)6-9/h5-7,12-13H,3-4H2,1-2H3,(H,20,21)/t12-,13+/m0/s1. The molecule has 4 nitrogen and oxygen atoms in total. The molecule has 0 saturated carbocycles. The van der Waals surface area contributed by atoms with Crippen LogP contribution >= 0.6 is 11.6 Å². The first kappa shape index (κ1) is 15.6. The van der Waals surface area contributed by atoms with E-state index in [2.05, 4.69) is 6.07 Å². The summed E-state index contributed by atoms with van der Waals surface area (Å²) in [6.45, 7) is 3.43. The van der Waals surface area contributed by atoms with Crippen LogP contribution in [0.2, 0.25) is 5.02 Å². The Morgan fingerprint density at radius 3 is 2.67 bits per heavy atom. The van der Waals surface area contributed by atoms with Gasteiger partial charge in [-0.15, -0.1) is 0 Å². The molecule has 1 heterocycles. The van der Waals surface area contributed by atoms with Crippen LogP contribution in [0.5, 0.6) is 0 Å². The van der Waals surface area contributed by atoms with Crippen LogP contribution in [0.1, 0.15) is 38.3 Å². The number of halogens is 2. The Bertz CT molecular complexity index is 592. The highest BCUT2D eigenvalue weighted by molar-refractivity contribution is 6.30. The summed E-state index contributed by atoms with van der Waals surface area (Å²) in [6.07, 6.45) is -0.000682. The molecule has 1 aromatic carbocycles. The molecule has 0 aliphatic carbocycles. The Hall–Kier alpha value is -1.80. The fourth-order valence-corrected chi connectivity index (χ4v) is 3.19. The molecule has 1 amide bonds. The molecule has 1 saturated heterocycles. The number of hydrogen-bond acceptors (Lipinski definition) is 2. The first-order chi connectivity index (χ1) is 9.76. The molecule has 6 heteroatoms. The Morgan fingerprint density at radius 1 is 1.48 bits per heavy atom. The van der Waals surface area contributed by atoms with Gasteiger partial charge in [0.1, 0.15) is 5.82 Å². The van der Waals surface area contributed by atoms with E-state index in [1.165, 1.54) is 17.0 Å². The van der Waals surface area contributed by atoms with Crippen LogP contribution in [0.15, 0.2) is 18.2 Å². The molecule has 1 aliphatic heterocycles. The fourth-order valence-electron chi connectivity index (χ4n) is 2.96. The van der Waals surface area contributed by atoms with Crippen LogP contribution in [0.4, 0.5) is 9.18 Å². The smallest absolute Gasteiger partial charge is 0.408 e. The van der Waals surface area contributed by atoms with E-state index in [-0.39, 0.29) is 5.02 Å². The van der Waals surface area contributed by atoms with E-state index in [0.717, 1.165) is 0 Å². The minimum Gasteiger partial charge on any atom is -0.465 e. The first-order valence-electron chi connectivity index (χ1n) is 6.65. The van der Waals surface area contributed by atoms with Crippen molar-refractivity contribution >= 4 is 17.7 Å². The number of nitriles is 1. The molecule has 0 unspecified atom stereocenters. The van der Waals surface area contributed by atoms with Gasteiger partial charge in [0, 0.05) is 5.02 Å². The molecule has 0 radical (unpaired) electrons. The quantitative estimate of drug-likeness (QED) is 0.889. The molecule has 1 fully saturated rings. The van der Waals surface area contributed by atoms with Crippen molar-refractivity contribution in [3.05, 3.63) is 34.6 Å². The normalized spacial score (nSPS) is 22.1. The van der Waals surface area contributed by atoms with Crippen molar-refractivity contribution in [2.45, 2.75) is 38.8 Å². The zero-order chi connectivity index (χ0) is 15.8. The van der Waals surface area contributed by atoms with Crippen LogP contribution in [0.25, 0.3) is 0 Å². The average Bonchev–Trinajstić information content (AvgIpc) is 2.83. The van der Waals surface area contributed by atoms with Crippen LogP contribution in [0.3, 0.4) is 0 Å². The van der Waals surface area contributed by atoms with Gasteiger partial charge < -0.3 is 5.11 Å². The lowest BCUT2D eigenvalue weighted by molar-refractivity contribution is 0.0970. The van der Waals surface area contributed by atoms with E-state index >= 15 is 0 Å².